The lowest BCUT2D eigenvalue weighted by Gasteiger charge is -2.06. The van der Waals surface area contributed by atoms with Gasteiger partial charge in [-0.1, -0.05) is 0 Å². The summed E-state index contributed by atoms with van der Waals surface area (Å²) in [6, 6.07) is 5.79. The zero-order chi connectivity index (χ0) is 12.1. The molecule has 5 heteroatoms. The van der Waals surface area contributed by atoms with E-state index in [1.165, 1.54) is 0 Å². The molecule has 0 bridgehead atoms. The Labute approximate surface area is 99.9 Å². The molecule has 92 valence electrons. The van der Waals surface area contributed by atoms with Crippen LogP contribution in [0.25, 0.3) is 11.0 Å². The van der Waals surface area contributed by atoms with Gasteiger partial charge in [0.2, 0.25) is 0 Å². The van der Waals surface area contributed by atoms with Gasteiger partial charge in [0.15, 0.2) is 0 Å². The van der Waals surface area contributed by atoms with Crippen LogP contribution in [0.2, 0.25) is 0 Å². The number of benzene rings is 1. The van der Waals surface area contributed by atoms with Crippen molar-refractivity contribution < 1.29 is 9.47 Å². The molecule has 1 aromatic heterocycles. The van der Waals surface area contributed by atoms with Crippen molar-refractivity contribution in [3.05, 3.63) is 24.0 Å². The molecule has 2 aromatic rings. The van der Waals surface area contributed by atoms with Gasteiger partial charge in [-0.25, -0.2) is 4.98 Å². The third-order valence-corrected chi connectivity index (χ3v) is 2.33. The first-order chi connectivity index (χ1) is 8.29. The molecule has 0 atom stereocenters. The molecule has 0 spiro atoms. The van der Waals surface area contributed by atoms with Crippen LogP contribution in [0.4, 0.5) is 0 Å². The second-order valence-electron chi connectivity index (χ2n) is 3.75. The number of aromatic nitrogens is 2. The van der Waals surface area contributed by atoms with Crippen LogP contribution < -0.4 is 10.5 Å². The Morgan fingerprint density at radius 2 is 2.18 bits per heavy atom. The van der Waals surface area contributed by atoms with Crippen molar-refractivity contribution in [1.29, 1.82) is 0 Å². The highest BCUT2D eigenvalue weighted by Gasteiger charge is 2.01. The number of H-pyrrole nitrogens is 1. The van der Waals surface area contributed by atoms with Crippen LogP contribution in [-0.4, -0.2) is 36.3 Å². The Morgan fingerprint density at radius 3 is 3.00 bits per heavy atom. The van der Waals surface area contributed by atoms with Crippen molar-refractivity contribution in [1.82, 2.24) is 9.97 Å². The molecule has 0 aliphatic rings. The van der Waals surface area contributed by atoms with E-state index in [1.807, 2.05) is 25.1 Å². The quantitative estimate of drug-likeness (QED) is 0.738. The van der Waals surface area contributed by atoms with Crippen LogP contribution in [0.3, 0.4) is 0 Å². The normalized spacial score (nSPS) is 10.9. The number of nitrogens with two attached hydrogens (primary N) is 1. The summed E-state index contributed by atoms with van der Waals surface area (Å²) in [5.74, 6) is 1.72. The zero-order valence-electron chi connectivity index (χ0n) is 9.90. The van der Waals surface area contributed by atoms with Crippen molar-refractivity contribution in [2.75, 3.05) is 26.4 Å². The van der Waals surface area contributed by atoms with Crippen molar-refractivity contribution in [2.45, 2.75) is 6.92 Å². The number of nitrogens with zero attached hydrogens (tertiary/aromatic N) is 1. The van der Waals surface area contributed by atoms with Crippen LogP contribution >= 0.6 is 0 Å². The predicted molar refractivity (Wildman–Crippen MR) is 66.2 cm³/mol. The lowest BCUT2D eigenvalue weighted by molar-refractivity contribution is 0.106. The number of nitrogens with one attached hydrogen (secondary N) is 1. The number of fused-ring (bicyclic) bond motifs is 1. The van der Waals surface area contributed by atoms with Crippen LogP contribution in [0.15, 0.2) is 18.2 Å². The minimum Gasteiger partial charge on any atom is -0.491 e. The number of rotatable bonds is 6. The Kier molecular flexibility index (Phi) is 3.95. The summed E-state index contributed by atoms with van der Waals surface area (Å²) in [6.07, 6.45) is 0. The average molecular weight is 235 g/mol. The molecule has 0 saturated carbocycles. The molecule has 0 fully saturated rings. The van der Waals surface area contributed by atoms with Gasteiger partial charge in [-0.2, -0.15) is 0 Å². The van der Waals surface area contributed by atoms with E-state index < -0.39 is 0 Å². The molecule has 0 aliphatic carbocycles. The second kappa shape index (κ2) is 5.65. The Balaban J connectivity index is 1.90. The van der Waals surface area contributed by atoms with Crippen molar-refractivity contribution >= 4 is 11.0 Å². The number of hydrogen-bond donors (Lipinski definition) is 2. The number of aryl methyl sites for hydroxylation is 1. The molecule has 1 heterocycles. The molecule has 0 amide bonds. The maximum Gasteiger partial charge on any atom is 0.121 e. The highest BCUT2D eigenvalue weighted by Crippen LogP contribution is 2.18. The Morgan fingerprint density at radius 1 is 1.29 bits per heavy atom. The fourth-order valence-electron chi connectivity index (χ4n) is 1.61. The Bertz CT molecular complexity index is 482. The van der Waals surface area contributed by atoms with E-state index in [0.29, 0.717) is 26.4 Å². The van der Waals surface area contributed by atoms with E-state index in [2.05, 4.69) is 9.97 Å². The molecule has 17 heavy (non-hydrogen) atoms. The fourth-order valence-corrected chi connectivity index (χ4v) is 1.61. The molecular formula is C12H17N3O2. The summed E-state index contributed by atoms with van der Waals surface area (Å²) in [6.45, 7) is 4.12. The zero-order valence-corrected chi connectivity index (χ0v) is 9.90. The van der Waals surface area contributed by atoms with Crippen LogP contribution in [0, 0.1) is 6.92 Å². The second-order valence-corrected chi connectivity index (χ2v) is 3.75. The van der Waals surface area contributed by atoms with Gasteiger partial charge in [0, 0.05) is 12.6 Å². The summed E-state index contributed by atoms with van der Waals surface area (Å²) in [7, 11) is 0. The van der Waals surface area contributed by atoms with Crippen molar-refractivity contribution in [3.8, 4) is 5.75 Å². The fraction of sp³-hybridized carbons (Fsp3) is 0.417. The molecule has 0 unspecified atom stereocenters. The minimum absolute atomic E-state index is 0.526. The number of ether oxygens (including phenoxy) is 2. The largest absolute Gasteiger partial charge is 0.491 e. The predicted octanol–water partition coefficient (Wildman–Crippen LogP) is 1.23. The molecule has 3 N–H and O–H groups in total. The van der Waals surface area contributed by atoms with Gasteiger partial charge in [0.1, 0.15) is 18.2 Å². The van der Waals surface area contributed by atoms with Gasteiger partial charge >= 0.3 is 0 Å². The van der Waals surface area contributed by atoms with Gasteiger partial charge in [0.05, 0.1) is 24.2 Å². The molecule has 5 nitrogen and oxygen atoms in total. The van der Waals surface area contributed by atoms with E-state index in [4.69, 9.17) is 15.2 Å². The topological polar surface area (TPSA) is 73.2 Å². The first-order valence-corrected chi connectivity index (χ1v) is 5.66. The van der Waals surface area contributed by atoms with E-state index >= 15 is 0 Å². The van der Waals surface area contributed by atoms with Crippen molar-refractivity contribution in [2.24, 2.45) is 5.73 Å². The van der Waals surface area contributed by atoms with E-state index in [-0.39, 0.29) is 0 Å². The first kappa shape index (κ1) is 11.9. The lowest BCUT2D eigenvalue weighted by atomic mass is 10.3. The van der Waals surface area contributed by atoms with Gasteiger partial charge in [-0.3, -0.25) is 0 Å². The maximum absolute atomic E-state index is 5.56. The molecule has 0 saturated heterocycles. The highest BCUT2D eigenvalue weighted by atomic mass is 16.5. The summed E-state index contributed by atoms with van der Waals surface area (Å²) in [5, 5.41) is 0. The SMILES string of the molecule is Cc1nc2ccc(OCCOCCN)cc2[nH]1. The summed E-state index contributed by atoms with van der Waals surface area (Å²) in [4.78, 5) is 7.50. The minimum atomic E-state index is 0.526. The smallest absolute Gasteiger partial charge is 0.121 e. The van der Waals surface area contributed by atoms with Gasteiger partial charge < -0.3 is 20.2 Å². The maximum atomic E-state index is 5.56. The summed E-state index contributed by atoms with van der Waals surface area (Å²) >= 11 is 0. The molecule has 0 radical (unpaired) electrons. The third kappa shape index (κ3) is 3.18. The van der Waals surface area contributed by atoms with Crippen LogP contribution in [0.1, 0.15) is 5.82 Å². The van der Waals surface area contributed by atoms with E-state index in [1.54, 1.807) is 0 Å². The van der Waals surface area contributed by atoms with Gasteiger partial charge in [-0.05, 0) is 19.1 Å². The standard InChI is InChI=1S/C12H17N3O2/c1-9-14-11-3-2-10(8-12(11)15-9)17-7-6-16-5-4-13/h2-3,8H,4-7,13H2,1H3,(H,14,15). The van der Waals surface area contributed by atoms with Crippen LogP contribution in [-0.2, 0) is 4.74 Å². The average Bonchev–Trinajstić information content (AvgIpc) is 2.68. The Hall–Kier alpha value is -1.59. The van der Waals surface area contributed by atoms with Crippen LogP contribution in [0.5, 0.6) is 5.75 Å². The van der Waals surface area contributed by atoms with E-state index in [9.17, 15) is 0 Å². The van der Waals surface area contributed by atoms with E-state index in [0.717, 1.165) is 22.6 Å². The monoisotopic (exact) mass is 235 g/mol. The highest BCUT2D eigenvalue weighted by molar-refractivity contribution is 5.76. The molecule has 0 aliphatic heterocycles. The van der Waals surface area contributed by atoms with Gasteiger partial charge in [0.25, 0.3) is 0 Å². The molecule has 1 aromatic carbocycles. The third-order valence-electron chi connectivity index (χ3n) is 2.33. The number of aromatic amines is 1. The summed E-state index contributed by atoms with van der Waals surface area (Å²) < 4.78 is 10.8. The summed E-state index contributed by atoms with van der Waals surface area (Å²) in [5.41, 5.74) is 7.25. The first-order valence-electron chi connectivity index (χ1n) is 5.66. The lowest BCUT2D eigenvalue weighted by Crippen LogP contribution is -2.13. The van der Waals surface area contributed by atoms with Crippen molar-refractivity contribution in [3.63, 3.8) is 0 Å². The van der Waals surface area contributed by atoms with Gasteiger partial charge in [-0.15, -0.1) is 0 Å². The molecule has 2 rings (SSSR count). The number of hydrogen-bond acceptors (Lipinski definition) is 4. The molecular weight excluding hydrogens is 218 g/mol. The number of imidazole rings is 1.